The second-order valence-corrected chi connectivity index (χ2v) is 7.13. The first-order valence-corrected chi connectivity index (χ1v) is 9.02. The number of carbonyl (C=O) groups is 1. The van der Waals surface area contributed by atoms with Crippen molar-refractivity contribution in [1.82, 2.24) is 5.32 Å². The van der Waals surface area contributed by atoms with Crippen LogP contribution in [0.5, 0.6) is 5.75 Å². The van der Waals surface area contributed by atoms with Gasteiger partial charge in [-0.3, -0.25) is 4.79 Å². The Bertz CT molecular complexity index is 592. The Hall–Kier alpha value is -1.60. The molecule has 0 aromatic heterocycles. The summed E-state index contributed by atoms with van der Waals surface area (Å²) in [6.45, 7) is 1.01. The summed E-state index contributed by atoms with van der Waals surface area (Å²) in [7, 11) is -3.69. The number of amides is 1. The van der Waals surface area contributed by atoms with E-state index in [2.05, 4.69) is 5.32 Å². The van der Waals surface area contributed by atoms with Gasteiger partial charge < -0.3 is 10.1 Å². The molecule has 0 heterocycles. The molecular formula is C15H22N2O4S. The van der Waals surface area contributed by atoms with E-state index in [1.165, 1.54) is 49.9 Å². The smallest absolute Gasteiger partial charge is 0.238 e. The third kappa shape index (κ3) is 5.31. The third-order valence-corrected chi connectivity index (χ3v) is 4.74. The minimum Gasteiger partial charge on any atom is -0.493 e. The van der Waals surface area contributed by atoms with E-state index in [1.54, 1.807) is 0 Å². The number of hydrogen-bond donors (Lipinski definition) is 2. The number of nitrogens with one attached hydrogen (secondary N) is 1. The van der Waals surface area contributed by atoms with Crippen LogP contribution in [0.15, 0.2) is 29.2 Å². The molecule has 1 fully saturated rings. The highest BCUT2D eigenvalue weighted by Crippen LogP contribution is 2.23. The summed E-state index contributed by atoms with van der Waals surface area (Å²) in [6.07, 6.45) is 5.21. The molecule has 1 saturated carbocycles. The fraction of sp³-hybridized carbons (Fsp3) is 0.533. The molecule has 0 saturated heterocycles. The molecule has 0 unspecified atom stereocenters. The van der Waals surface area contributed by atoms with E-state index < -0.39 is 10.0 Å². The van der Waals surface area contributed by atoms with Crippen molar-refractivity contribution in [3.63, 3.8) is 0 Å². The molecule has 0 spiro atoms. The normalized spacial score (nSPS) is 15.7. The van der Waals surface area contributed by atoms with E-state index in [0.717, 1.165) is 6.54 Å². The number of nitrogens with two attached hydrogens (primary N) is 1. The summed E-state index contributed by atoms with van der Waals surface area (Å²) < 4.78 is 27.6. The van der Waals surface area contributed by atoms with Crippen molar-refractivity contribution < 1.29 is 17.9 Å². The molecule has 6 nitrogen and oxygen atoms in total. The molecule has 1 aliphatic rings. The molecule has 3 N–H and O–H groups in total. The van der Waals surface area contributed by atoms with Crippen LogP contribution in [0.2, 0.25) is 0 Å². The highest BCUT2D eigenvalue weighted by molar-refractivity contribution is 7.89. The molecule has 0 atom stereocenters. The lowest BCUT2D eigenvalue weighted by Gasteiger charge is -2.11. The number of primary sulfonamides is 1. The highest BCUT2D eigenvalue weighted by atomic mass is 32.2. The first-order chi connectivity index (χ1) is 10.4. The van der Waals surface area contributed by atoms with Crippen LogP contribution in [0, 0.1) is 5.92 Å². The number of hydrogen-bond acceptors (Lipinski definition) is 4. The van der Waals surface area contributed by atoms with E-state index in [0.29, 0.717) is 11.7 Å². The summed E-state index contributed by atoms with van der Waals surface area (Å²) in [4.78, 5) is 11.7. The average molecular weight is 326 g/mol. The highest BCUT2D eigenvalue weighted by Gasteiger charge is 2.15. The van der Waals surface area contributed by atoms with Gasteiger partial charge in [0.05, 0.1) is 17.9 Å². The minimum absolute atomic E-state index is 0.0203. The van der Waals surface area contributed by atoms with Gasteiger partial charge in [0.2, 0.25) is 15.9 Å². The minimum atomic E-state index is -3.69. The van der Waals surface area contributed by atoms with Crippen molar-refractivity contribution in [1.29, 1.82) is 0 Å². The van der Waals surface area contributed by atoms with Gasteiger partial charge in [-0.1, -0.05) is 12.8 Å². The molecule has 0 bridgehead atoms. The Morgan fingerprint density at radius 1 is 1.23 bits per heavy atom. The van der Waals surface area contributed by atoms with E-state index >= 15 is 0 Å². The van der Waals surface area contributed by atoms with Crippen LogP contribution >= 0.6 is 0 Å². The van der Waals surface area contributed by atoms with Crippen LogP contribution in [0.1, 0.15) is 32.1 Å². The zero-order chi connectivity index (χ0) is 16.0. The first-order valence-electron chi connectivity index (χ1n) is 7.47. The molecule has 122 valence electrons. The largest absolute Gasteiger partial charge is 0.493 e. The Morgan fingerprint density at radius 3 is 2.45 bits per heavy atom. The van der Waals surface area contributed by atoms with Crippen molar-refractivity contribution >= 4 is 15.9 Å². The van der Waals surface area contributed by atoms with Crippen molar-refractivity contribution in [2.24, 2.45) is 11.1 Å². The number of rotatable bonds is 7. The SMILES string of the molecule is NS(=O)(=O)c1ccc(OCCC(=O)NCC2CCCC2)cc1. The van der Waals surface area contributed by atoms with Gasteiger partial charge in [-0.2, -0.15) is 0 Å². The van der Waals surface area contributed by atoms with E-state index in [1.807, 2.05) is 0 Å². The van der Waals surface area contributed by atoms with Crippen LogP contribution < -0.4 is 15.2 Å². The van der Waals surface area contributed by atoms with Crippen LogP contribution in [0.25, 0.3) is 0 Å². The lowest BCUT2D eigenvalue weighted by atomic mass is 10.1. The van der Waals surface area contributed by atoms with Gasteiger partial charge in [-0.15, -0.1) is 0 Å². The number of ether oxygens (including phenoxy) is 1. The van der Waals surface area contributed by atoms with Gasteiger partial charge in [-0.05, 0) is 43.0 Å². The Kier molecular flexibility index (Phi) is 5.79. The maximum atomic E-state index is 11.7. The van der Waals surface area contributed by atoms with Gasteiger partial charge in [-0.25, -0.2) is 13.6 Å². The van der Waals surface area contributed by atoms with Gasteiger partial charge in [0, 0.05) is 6.54 Å². The third-order valence-electron chi connectivity index (χ3n) is 3.81. The summed E-state index contributed by atoms with van der Waals surface area (Å²) in [5, 5.41) is 7.94. The monoisotopic (exact) mass is 326 g/mol. The second-order valence-electron chi connectivity index (χ2n) is 5.57. The quantitative estimate of drug-likeness (QED) is 0.791. The number of sulfonamides is 1. The van der Waals surface area contributed by atoms with Crippen LogP contribution in [-0.2, 0) is 14.8 Å². The predicted molar refractivity (Wildman–Crippen MR) is 82.9 cm³/mol. The van der Waals surface area contributed by atoms with E-state index in [4.69, 9.17) is 9.88 Å². The van der Waals surface area contributed by atoms with Gasteiger partial charge in [0.15, 0.2) is 0 Å². The molecule has 0 radical (unpaired) electrons. The van der Waals surface area contributed by atoms with Gasteiger partial charge >= 0.3 is 0 Å². The fourth-order valence-corrected chi connectivity index (χ4v) is 3.06. The summed E-state index contributed by atoms with van der Waals surface area (Å²) in [5.74, 6) is 1.11. The van der Waals surface area contributed by atoms with E-state index in [-0.39, 0.29) is 23.8 Å². The number of carbonyl (C=O) groups excluding carboxylic acids is 1. The summed E-state index contributed by atoms with van der Waals surface area (Å²) >= 11 is 0. The first kappa shape index (κ1) is 16.8. The lowest BCUT2D eigenvalue weighted by Crippen LogP contribution is -2.29. The molecule has 22 heavy (non-hydrogen) atoms. The second kappa shape index (κ2) is 7.60. The molecular weight excluding hydrogens is 304 g/mol. The van der Waals surface area contributed by atoms with Crippen LogP contribution in [0.3, 0.4) is 0 Å². The molecule has 1 aromatic rings. The Morgan fingerprint density at radius 2 is 1.86 bits per heavy atom. The molecule has 7 heteroatoms. The van der Waals surface area contributed by atoms with Crippen molar-refractivity contribution in [2.75, 3.05) is 13.2 Å². The molecule has 1 aliphatic carbocycles. The van der Waals surface area contributed by atoms with Crippen LogP contribution in [0.4, 0.5) is 0 Å². The zero-order valence-electron chi connectivity index (χ0n) is 12.5. The predicted octanol–water partition coefficient (Wildman–Crippen LogP) is 1.41. The summed E-state index contributed by atoms with van der Waals surface area (Å²) in [6, 6.07) is 5.81. The zero-order valence-corrected chi connectivity index (χ0v) is 13.3. The maximum Gasteiger partial charge on any atom is 0.238 e. The van der Waals surface area contributed by atoms with E-state index in [9.17, 15) is 13.2 Å². The van der Waals surface area contributed by atoms with Crippen LogP contribution in [-0.4, -0.2) is 27.5 Å². The fourth-order valence-electron chi connectivity index (χ4n) is 2.55. The topological polar surface area (TPSA) is 98.5 Å². The van der Waals surface area contributed by atoms with Gasteiger partial charge in [0.1, 0.15) is 5.75 Å². The molecule has 0 aliphatic heterocycles. The molecule has 1 aromatic carbocycles. The molecule has 1 amide bonds. The van der Waals surface area contributed by atoms with Crippen molar-refractivity contribution in [3.05, 3.63) is 24.3 Å². The Labute approximate surface area is 131 Å². The van der Waals surface area contributed by atoms with Crippen molar-refractivity contribution in [3.8, 4) is 5.75 Å². The molecule has 2 rings (SSSR count). The Balaban J connectivity index is 1.68. The van der Waals surface area contributed by atoms with Crippen molar-refractivity contribution in [2.45, 2.75) is 37.0 Å². The summed E-state index contributed by atoms with van der Waals surface area (Å²) in [5.41, 5.74) is 0. The standard InChI is InChI=1S/C15H22N2O4S/c16-22(19,20)14-7-5-13(6-8-14)21-10-9-15(18)17-11-12-3-1-2-4-12/h5-8,12H,1-4,9-11H2,(H,17,18)(H2,16,19,20). The number of benzene rings is 1. The average Bonchev–Trinajstić information content (AvgIpc) is 2.98. The maximum absolute atomic E-state index is 11.7. The van der Waals surface area contributed by atoms with Gasteiger partial charge in [0.25, 0.3) is 0 Å². The lowest BCUT2D eigenvalue weighted by molar-refractivity contribution is -0.121.